The first-order valence-electron chi connectivity index (χ1n) is 10.4. The number of hydrogen-bond acceptors (Lipinski definition) is 6. The average molecular weight is 410 g/mol. The maximum Gasteiger partial charge on any atom is 0.231 e. The lowest BCUT2D eigenvalue weighted by Crippen LogP contribution is -2.43. The number of nitrogens with one attached hydrogen (secondary N) is 1. The summed E-state index contributed by atoms with van der Waals surface area (Å²) in [5.41, 5.74) is 7.65. The molecule has 30 heavy (non-hydrogen) atoms. The molecule has 0 saturated carbocycles. The van der Waals surface area contributed by atoms with Crippen LogP contribution in [0.1, 0.15) is 18.4 Å². The zero-order valence-corrected chi connectivity index (χ0v) is 17.2. The Labute approximate surface area is 174 Å². The van der Waals surface area contributed by atoms with Crippen LogP contribution in [-0.2, 0) is 21.4 Å². The van der Waals surface area contributed by atoms with Crippen LogP contribution >= 0.6 is 0 Å². The summed E-state index contributed by atoms with van der Waals surface area (Å²) in [6.07, 6.45) is 3.06. The number of nitrogens with zero attached hydrogens (tertiary/aromatic N) is 4. The number of anilines is 1. The number of carbonyl (C=O) groups is 2. The van der Waals surface area contributed by atoms with Crippen molar-refractivity contribution in [2.45, 2.75) is 31.5 Å². The molecule has 158 valence electrons. The van der Waals surface area contributed by atoms with E-state index in [1.54, 1.807) is 11.2 Å². The maximum absolute atomic E-state index is 13.4. The third-order valence-electron chi connectivity index (χ3n) is 6.85. The van der Waals surface area contributed by atoms with E-state index in [0.29, 0.717) is 25.3 Å². The van der Waals surface area contributed by atoms with Crippen molar-refractivity contribution in [3.8, 4) is 11.4 Å². The van der Waals surface area contributed by atoms with Crippen molar-refractivity contribution in [1.82, 2.24) is 19.7 Å². The van der Waals surface area contributed by atoms with Gasteiger partial charge in [-0.2, -0.15) is 0 Å². The minimum atomic E-state index is -0.533. The number of fused-ring (bicyclic) bond motifs is 1. The molecule has 3 N–H and O–H groups in total. The van der Waals surface area contributed by atoms with E-state index in [2.05, 4.69) is 15.5 Å². The predicted octanol–water partition coefficient (Wildman–Crippen LogP) is 0.694. The largest absolute Gasteiger partial charge is 0.368 e. The highest BCUT2D eigenvalue weighted by molar-refractivity contribution is 5.99. The Hall–Kier alpha value is -2.78. The molecule has 4 atom stereocenters. The Morgan fingerprint density at radius 3 is 3.00 bits per heavy atom. The molecular formula is C21H26N6O3. The second-order valence-corrected chi connectivity index (χ2v) is 8.54. The summed E-state index contributed by atoms with van der Waals surface area (Å²) in [6.45, 7) is 3.39. The normalized spacial score (nSPS) is 29.5. The molecule has 0 aliphatic carbocycles. The summed E-state index contributed by atoms with van der Waals surface area (Å²) in [6, 6.07) is 5.71. The van der Waals surface area contributed by atoms with Gasteiger partial charge in [0.2, 0.25) is 11.8 Å². The molecule has 2 bridgehead atoms. The van der Waals surface area contributed by atoms with E-state index < -0.39 is 17.4 Å². The van der Waals surface area contributed by atoms with E-state index >= 15 is 0 Å². The molecule has 5 rings (SSSR count). The Morgan fingerprint density at radius 2 is 2.27 bits per heavy atom. The molecule has 2 aromatic rings. The quantitative estimate of drug-likeness (QED) is 0.750. The number of aromatic nitrogens is 3. The Morgan fingerprint density at radius 1 is 1.43 bits per heavy atom. The van der Waals surface area contributed by atoms with Crippen LogP contribution in [0.2, 0.25) is 0 Å². The first-order valence-corrected chi connectivity index (χ1v) is 10.4. The fraction of sp³-hybridized carbons (Fsp3) is 0.524. The highest BCUT2D eigenvalue weighted by atomic mass is 16.5. The van der Waals surface area contributed by atoms with Crippen LogP contribution in [0.5, 0.6) is 0 Å². The lowest BCUT2D eigenvalue weighted by atomic mass is 9.73. The second kappa shape index (κ2) is 6.88. The van der Waals surface area contributed by atoms with Gasteiger partial charge >= 0.3 is 0 Å². The van der Waals surface area contributed by atoms with E-state index in [0.717, 1.165) is 29.8 Å². The molecule has 4 heterocycles. The van der Waals surface area contributed by atoms with Crippen molar-refractivity contribution in [2.24, 2.45) is 24.6 Å². The van der Waals surface area contributed by atoms with Gasteiger partial charge in [-0.1, -0.05) is 12.1 Å². The van der Waals surface area contributed by atoms with Crippen LogP contribution in [0.3, 0.4) is 0 Å². The molecule has 1 aromatic heterocycles. The van der Waals surface area contributed by atoms with Crippen LogP contribution in [0, 0.1) is 18.8 Å². The standard InChI is InChI=1S/C21H26N6O3/c1-12-13(18-25-23-11-26(18)2)4-3-5-14(12)24-19(28)16-15-6-7-21(30-15)10-27(9-8-22)20(29)17(16)21/h3-5,11,15-17H,6-10,22H2,1-2H3,(H,24,28)/t15-,16-,17+,21-/m0/s1. The minimum absolute atomic E-state index is 0.00708. The topological polar surface area (TPSA) is 115 Å². The SMILES string of the molecule is Cc1c(NC(=O)[C@H]2[C@@H]3CC[C@@]4(CN(CCN)C(=O)[C@@H]24)O3)cccc1-c1nncn1C. The summed E-state index contributed by atoms with van der Waals surface area (Å²) in [5, 5.41) is 11.2. The summed E-state index contributed by atoms with van der Waals surface area (Å²) in [5.74, 6) is -0.341. The highest BCUT2D eigenvalue weighted by Gasteiger charge is 2.68. The van der Waals surface area contributed by atoms with Crippen molar-refractivity contribution >= 4 is 17.5 Å². The maximum atomic E-state index is 13.4. The summed E-state index contributed by atoms with van der Waals surface area (Å²) in [7, 11) is 1.88. The van der Waals surface area contributed by atoms with Gasteiger partial charge < -0.3 is 25.3 Å². The molecule has 3 aliphatic rings. The zero-order valence-electron chi connectivity index (χ0n) is 17.2. The van der Waals surface area contributed by atoms with Gasteiger partial charge in [0.25, 0.3) is 0 Å². The zero-order chi connectivity index (χ0) is 21.0. The van der Waals surface area contributed by atoms with Gasteiger partial charge in [0, 0.05) is 31.4 Å². The summed E-state index contributed by atoms with van der Waals surface area (Å²) in [4.78, 5) is 28.1. The fourth-order valence-corrected chi connectivity index (χ4v) is 5.44. The van der Waals surface area contributed by atoms with Crippen LogP contribution in [0.4, 0.5) is 5.69 Å². The number of likely N-dealkylation sites (tertiary alicyclic amines) is 1. The van der Waals surface area contributed by atoms with Crippen LogP contribution in [0.25, 0.3) is 11.4 Å². The van der Waals surface area contributed by atoms with Crippen LogP contribution in [-0.4, -0.2) is 62.8 Å². The molecule has 3 fully saturated rings. The lowest BCUT2D eigenvalue weighted by Gasteiger charge is -2.27. The van der Waals surface area contributed by atoms with Gasteiger partial charge in [0.05, 0.1) is 30.1 Å². The van der Waals surface area contributed by atoms with Crippen molar-refractivity contribution in [3.05, 3.63) is 30.1 Å². The number of ether oxygens (including phenoxy) is 1. The average Bonchev–Trinajstić information content (AvgIpc) is 3.46. The first-order chi connectivity index (χ1) is 14.4. The number of nitrogens with two attached hydrogens (primary N) is 1. The molecule has 3 saturated heterocycles. The van der Waals surface area contributed by atoms with Gasteiger partial charge in [0.15, 0.2) is 5.82 Å². The van der Waals surface area contributed by atoms with E-state index in [-0.39, 0.29) is 17.9 Å². The predicted molar refractivity (Wildman–Crippen MR) is 109 cm³/mol. The van der Waals surface area contributed by atoms with Crippen LogP contribution in [0.15, 0.2) is 24.5 Å². The van der Waals surface area contributed by atoms with Crippen molar-refractivity contribution in [1.29, 1.82) is 0 Å². The third kappa shape index (κ3) is 2.69. The molecular weight excluding hydrogens is 384 g/mol. The molecule has 9 heteroatoms. The van der Waals surface area contributed by atoms with Crippen molar-refractivity contribution in [2.75, 3.05) is 25.0 Å². The van der Waals surface area contributed by atoms with Gasteiger partial charge in [-0.15, -0.1) is 10.2 Å². The highest BCUT2D eigenvalue weighted by Crippen LogP contribution is 2.55. The summed E-state index contributed by atoms with van der Waals surface area (Å²) >= 11 is 0. The molecule has 0 radical (unpaired) electrons. The number of hydrogen-bond donors (Lipinski definition) is 2. The van der Waals surface area contributed by atoms with Gasteiger partial charge in [-0.25, -0.2) is 0 Å². The van der Waals surface area contributed by atoms with Crippen molar-refractivity contribution < 1.29 is 14.3 Å². The molecule has 2 amide bonds. The Kier molecular flexibility index (Phi) is 4.41. The van der Waals surface area contributed by atoms with E-state index in [1.807, 2.05) is 36.7 Å². The Bertz CT molecular complexity index is 1020. The molecule has 9 nitrogen and oxygen atoms in total. The number of aryl methyl sites for hydroxylation is 1. The van der Waals surface area contributed by atoms with Gasteiger partial charge in [-0.05, 0) is 31.4 Å². The lowest BCUT2D eigenvalue weighted by molar-refractivity contribution is -0.136. The number of carbonyl (C=O) groups excluding carboxylic acids is 2. The minimum Gasteiger partial charge on any atom is -0.368 e. The molecule has 3 aliphatic heterocycles. The third-order valence-corrected chi connectivity index (χ3v) is 6.85. The van der Waals surface area contributed by atoms with E-state index in [4.69, 9.17) is 10.5 Å². The smallest absolute Gasteiger partial charge is 0.231 e. The van der Waals surface area contributed by atoms with E-state index in [9.17, 15) is 9.59 Å². The molecule has 0 unspecified atom stereocenters. The van der Waals surface area contributed by atoms with E-state index in [1.165, 1.54) is 0 Å². The van der Waals surface area contributed by atoms with Gasteiger partial charge in [-0.3, -0.25) is 9.59 Å². The molecule has 1 aromatic carbocycles. The Balaban J connectivity index is 1.42. The summed E-state index contributed by atoms with van der Waals surface area (Å²) < 4.78 is 8.08. The van der Waals surface area contributed by atoms with Crippen LogP contribution < -0.4 is 11.1 Å². The monoisotopic (exact) mass is 410 g/mol. The fourth-order valence-electron chi connectivity index (χ4n) is 5.44. The number of rotatable bonds is 5. The number of benzene rings is 1. The van der Waals surface area contributed by atoms with Crippen molar-refractivity contribution in [3.63, 3.8) is 0 Å². The number of amides is 2. The van der Waals surface area contributed by atoms with Gasteiger partial charge in [0.1, 0.15) is 6.33 Å². The first kappa shape index (κ1) is 19.2. The molecule has 1 spiro atoms. The second-order valence-electron chi connectivity index (χ2n) is 8.54.